The molecule has 0 radical (unpaired) electrons. The number of aryl methyl sites for hydroxylation is 1. The zero-order valence-electron chi connectivity index (χ0n) is 11.2. The second-order valence-electron chi connectivity index (χ2n) is 4.71. The van der Waals surface area contributed by atoms with Gasteiger partial charge < -0.3 is 14.8 Å². The van der Waals surface area contributed by atoms with Gasteiger partial charge in [-0.25, -0.2) is 9.48 Å². The molecule has 0 fully saturated rings. The van der Waals surface area contributed by atoms with Crippen LogP contribution in [-0.4, -0.2) is 31.9 Å². The summed E-state index contributed by atoms with van der Waals surface area (Å²) in [7, 11) is 1.55. The van der Waals surface area contributed by atoms with E-state index in [1.54, 1.807) is 19.2 Å². The molecule has 8 heteroatoms. The van der Waals surface area contributed by atoms with E-state index >= 15 is 0 Å². The summed E-state index contributed by atoms with van der Waals surface area (Å²) in [6.45, 7) is 1.30. The number of furan rings is 1. The normalized spacial score (nSPS) is 13.9. The maximum Gasteiger partial charge on any atom is 0.345 e. The lowest BCUT2D eigenvalue weighted by Crippen LogP contribution is -2.41. The minimum atomic E-state index is -1.31. The van der Waals surface area contributed by atoms with Crippen molar-refractivity contribution in [2.45, 2.75) is 19.1 Å². The molecule has 0 saturated carbocycles. The molecular formula is C12H16N4O4. The van der Waals surface area contributed by atoms with E-state index in [1.165, 1.54) is 24.1 Å². The van der Waals surface area contributed by atoms with Crippen molar-refractivity contribution in [1.82, 2.24) is 19.7 Å². The molecule has 2 aromatic rings. The van der Waals surface area contributed by atoms with Gasteiger partial charge in [-0.1, -0.05) is 0 Å². The fourth-order valence-electron chi connectivity index (χ4n) is 1.66. The predicted octanol–water partition coefficient (Wildman–Crippen LogP) is -0.801. The standard InChI is InChI=1S/C12H16N4O4/c1-12(19,9-4-3-5-20-9)7-13-10(17)6-16-11(18)15(2)8-14-16/h3-5,8,19H,6-7H2,1-2H3,(H,13,17). The van der Waals surface area contributed by atoms with Gasteiger partial charge in [0, 0.05) is 7.05 Å². The number of amides is 1. The van der Waals surface area contributed by atoms with Gasteiger partial charge in [-0.05, 0) is 19.1 Å². The van der Waals surface area contributed by atoms with Gasteiger partial charge in [0.05, 0.1) is 12.8 Å². The van der Waals surface area contributed by atoms with E-state index in [1.807, 2.05) is 0 Å². The van der Waals surface area contributed by atoms with Gasteiger partial charge in [0.1, 0.15) is 24.2 Å². The van der Waals surface area contributed by atoms with E-state index in [9.17, 15) is 14.7 Å². The Bertz CT molecular complexity index is 639. The predicted molar refractivity (Wildman–Crippen MR) is 68.8 cm³/mol. The maximum atomic E-state index is 11.7. The van der Waals surface area contributed by atoms with Crippen molar-refractivity contribution in [3.63, 3.8) is 0 Å². The van der Waals surface area contributed by atoms with E-state index in [4.69, 9.17) is 4.42 Å². The molecule has 0 aliphatic carbocycles. The summed E-state index contributed by atoms with van der Waals surface area (Å²) in [5.74, 6) is -0.0644. The Morgan fingerprint density at radius 3 is 2.90 bits per heavy atom. The number of hydrogen-bond donors (Lipinski definition) is 2. The summed E-state index contributed by atoms with van der Waals surface area (Å²) >= 11 is 0. The summed E-state index contributed by atoms with van der Waals surface area (Å²) in [4.78, 5) is 23.2. The summed E-state index contributed by atoms with van der Waals surface area (Å²) in [6.07, 6.45) is 2.77. The Balaban J connectivity index is 1.93. The number of carbonyl (C=O) groups excluding carboxylic acids is 1. The molecule has 0 aliphatic rings. The van der Waals surface area contributed by atoms with Crippen LogP contribution in [0.25, 0.3) is 0 Å². The number of hydrogen-bond acceptors (Lipinski definition) is 5. The third kappa shape index (κ3) is 2.97. The first-order valence-electron chi connectivity index (χ1n) is 6.01. The van der Waals surface area contributed by atoms with E-state index in [0.29, 0.717) is 5.76 Å². The zero-order chi connectivity index (χ0) is 14.8. The molecule has 2 N–H and O–H groups in total. The molecule has 0 aromatic carbocycles. The zero-order valence-corrected chi connectivity index (χ0v) is 11.2. The van der Waals surface area contributed by atoms with Crippen molar-refractivity contribution in [2.75, 3.05) is 6.54 Å². The molecule has 1 amide bonds. The molecular weight excluding hydrogens is 264 g/mol. The molecule has 0 bridgehead atoms. The molecule has 0 saturated heterocycles. The first-order chi connectivity index (χ1) is 9.40. The quantitative estimate of drug-likeness (QED) is 0.746. The lowest BCUT2D eigenvalue weighted by molar-refractivity contribution is -0.123. The maximum absolute atomic E-state index is 11.7. The molecule has 1 unspecified atom stereocenters. The highest BCUT2D eigenvalue weighted by molar-refractivity contribution is 5.75. The first-order valence-corrected chi connectivity index (χ1v) is 6.01. The lowest BCUT2D eigenvalue weighted by atomic mass is 10.0. The first kappa shape index (κ1) is 14.1. The van der Waals surface area contributed by atoms with Crippen molar-refractivity contribution >= 4 is 5.91 Å². The van der Waals surface area contributed by atoms with Gasteiger partial charge in [0.25, 0.3) is 0 Å². The van der Waals surface area contributed by atoms with E-state index < -0.39 is 11.5 Å². The molecule has 8 nitrogen and oxygen atoms in total. The highest BCUT2D eigenvalue weighted by Gasteiger charge is 2.26. The van der Waals surface area contributed by atoms with Crippen molar-refractivity contribution in [3.05, 3.63) is 41.0 Å². The van der Waals surface area contributed by atoms with Gasteiger partial charge in [0.2, 0.25) is 5.91 Å². The van der Waals surface area contributed by atoms with Crippen molar-refractivity contribution in [3.8, 4) is 0 Å². The summed E-state index contributed by atoms with van der Waals surface area (Å²) in [5, 5.41) is 16.5. The molecule has 2 heterocycles. The molecule has 2 aromatic heterocycles. The lowest BCUT2D eigenvalue weighted by Gasteiger charge is -2.21. The van der Waals surface area contributed by atoms with Gasteiger partial charge >= 0.3 is 5.69 Å². The molecule has 20 heavy (non-hydrogen) atoms. The number of aromatic nitrogens is 3. The van der Waals surface area contributed by atoms with E-state index in [2.05, 4.69) is 10.4 Å². The Hall–Kier alpha value is -2.35. The van der Waals surface area contributed by atoms with Crippen LogP contribution in [0.15, 0.2) is 33.9 Å². The van der Waals surface area contributed by atoms with Crippen LogP contribution in [0.2, 0.25) is 0 Å². The number of nitrogens with zero attached hydrogens (tertiary/aromatic N) is 3. The van der Waals surface area contributed by atoms with E-state index in [0.717, 1.165) is 4.68 Å². The van der Waals surface area contributed by atoms with Crippen LogP contribution in [0.5, 0.6) is 0 Å². The fraction of sp³-hybridized carbons (Fsp3) is 0.417. The average molecular weight is 280 g/mol. The van der Waals surface area contributed by atoms with Crippen LogP contribution in [-0.2, 0) is 24.0 Å². The minimum absolute atomic E-state index is 0.0269. The van der Waals surface area contributed by atoms with Crippen LogP contribution in [0.1, 0.15) is 12.7 Å². The third-order valence-electron chi connectivity index (χ3n) is 2.86. The number of rotatable bonds is 5. The minimum Gasteiger partial charge on any atom is -0.466 e. The molecule has 1 atom stereocenters. The van der Waals surface area contributed by atoms with Crippen molar-refractivity contribution < 1.29 is 14.3 Å². The van der Waals surface area contributed by atoms with Gasteiger partial charge in [-0.15, -0.1) is 0 Å². The van der Waals surface area contributed by atoms with Crippen LogP contribution >= 0.6 is 0 Å². The van der Waals surface area contributed by atoms with Gasteiger partial charge in [0.15, 0.2) is 0 Å². The van der Waals surface area contributed by atoms with Crippen molar-refractivity contribution in [1.29, 1.82) is 0 Å². The van der Waals surface area contributed by atoms with Gasteiger partial charge in [-0.2, -0.15) is 5.10 Å². The van der Waals surface area contributed by atoms with Gasteiger partial charge in [-0.3, -0.25) is 9.36 Å². The molecule has 0 spiro atoms. The Kier molecular flexibility index (Phi) is 3.75. The van der Waals surface area contributed by atoms with Crippen molar-refractivity contribution in [2.24, 2.45) is 7.05 Å². The number of aliphatic hydroxyl groups is 1. The summed E-state index contributed by atoms with van der Waals surface area (Å²) < 4.78 is 7.41. The molecule has 108 valence electrons. The largest absolute Gasteiger partial charge is 0.466 e. The number of carbonyl (C=O) groups is 1. The van der Waals surface area contributed by atoms with Crippen LogP contribution in [0, 0.1) is 0 Å². The SMILES string of the molecule is Cn1cnn(CC(=O)NCC(C)(O)c2ccco2)c1=O. The molecule has 0 aliphatic heterocycles. The Labute approximate surface area is 114 Å². The second-order valence-corrected chi connectivity index (χ2v) is 4.71. The van der Waals surface area contributed by atoms with Crippen LogP contribution < -0.4 is 11.0 Å². The highest BCUT2D eigenvalue weighted by Crippen LogP contribution is 2.19. The Morgan fingerprint density at radius 2 is 2.35 bits per heavy atom. The Morgan fingerprint density at radius 1 is 1.60 bits per heavy atom. The second kappa shape index (κ2) is 5.33. The summed E-state index contributed by atoms with van der Waals surface area (Å²) in [5.41, 5.74) is -1.69. The smallest absolute Gasteiger partial charge is 0.345 e. The van der Waals surface area contributed by atoms with Crippen LogP contribution in [0.3, 0.4) is 0 Å². The number of nitrogens with one attached hydrogen (secondary N) is 1. The topological polar surface area (TPSA) is 102 Å². The third-order valence-corrected chi connectivity index (χ3v) is 2.86. The average Bonchev–Trinajstić information content (AvgIpc) is 3.03. The van der Waals surface area contributed by atoms with E-state index in [-0.39, 0.29) is 18.8 Å². The molecule has 2 rings (SSSR count). The van der Waals surface area contributed by atoms with Crippen LogP contribution in [0.4, 0.5) is 0 Å². The fourth-order valence-corrected chi connectivity index (χ4v) is 1.66. The highest BCUT2D eigenvalue weighted by atomic mass is 16.4. The summed E-state index contributed by atoms with van der Waals surface area (Å²) in [6, 6.07) is 3.27. The monoisotopic (exact) mass is 280 g/mol.